The van der Waals surface area contributed by atoms with E-state index >= 15 is 0 Å². The molecule has 0 saturated carbocycles. The molecule has 0 bridgehead atoms. The van der Waals surface area contributed by atoms with E-state index in [9.17, 15) is 5.11 Å². The molecule has 2 rings (SSSR count). The fourth-order valence-electron chi connectivity index (χ4n) is 1.64. The number of aromatic nitrogens is 2. The Balaban J connectivity index is 2.51. The number of rotatable bonds is 3. The zero-order valence-electron chi connectivity index (χ0n) is 9.82. The first-order chi connectivity index (χ1) is 8.61. The van der Waals surface area contributed by atoms with Crippen molar-refractivity contribution in [1.82, 2.24) is 9.97 Å². The summed E-state index contributed by atoms with van der Waals surface area (Å²) in [5.74, 6) is 0.717. The summed E-state index contributed by atoms with van der Waals surface area (Å²) < 4.78 is 0.745. The van der Waals surface area contributed by atoms with Gasteiger partial charge in [0.15, 0.2) is 5.82 Å². The molecule has 2 aromatic rings. The van der Waals surface area contributed by atoms with E-state index in [0.717, 1.165) is 28.6 Å². The molecule has 1 N–H and O–H groups in total. The molecule has 1 heterocycles. The molecule has 0 saturated heterocycles. The van der Waals surface area contributed by atoms with E-state index in [4.69, 9.17) is 11.6 Å². The summed E-state index contributed by atoms with van der Waals surface area (Å²) in [6.45, 7) is 2.08. The van der Waals surface area contributed by atoms with Crippen molar-refractivity contribution in [1.29, 1.82) is 0 Å². The first-order valence-corrected chi connectivity index (χ1v) is 6.80. The van der Waals surface area contributed by atoms with Gasteiger partial charge in [-0.1, -0.05) is 37.1 Å². The van der Waals surface area contributed by atoms with E-state index in [2.05, 4.69) is 32.8 Å². The predicted molar refractivity (Wildman–Crippen MR) is 75.8 cm³/mol. The lowest BCUT2D eigenvalue weighted by atomic mass is 10.2. The molecule has 5 heteroatoms. The average Bonchev–Trinajstić information content (AvgIpc) is 2.35. The number of hydrogen-bond acceptors (Lipinski definition) is 3. The Morgan fingerprint density at radius 1 is 1.33 bits per heavy atom. The standard InChI is InChI=1S/C13H12BrClN2O/c1-2-4-10-11(14)12(15)17-13(16-10)8-5-3-6-9(18)7-8/h3,5-7,18H,2,4H2,1H3. The molecule has 0 fully saturated rings. The van der Waals surface area contributed by atoms with E-state index in [0.29, 0.717) is 11.0 Å². The summed E-state index contributed by atoms with van der Waals surface area (Å²) in [5.41, 5.74) is 1.64. The first-order valence-electron chi connectivity index (χ1n) is 5.63. The fraction of sp³-hybridized carbons (Fsp3) is 0.231. The molecule has 1 aromatic heterocycles. The van der Waals surface area contributed by atoms with Gasteiger partial charge < -0.3 is 5.11 Å². The maximum Gasteiger partial charge on any atom is 0.161 e. The largest absolute Gasteiger partial charge is 0.508 e. The molecular weight excluding hydrogens is 316 g/mol. The summed E-state index contributed by atoms with van der Waals surface area (Å²) in [5, 5.41) is 9.87. The first kappa shape index (κ1) is 13.3. The highest BCUT2D eigenvalue weighted by molar-refractivity contribution is 9.10. The van der Waals surface area contributed by atoms with Crippen LogP contribution < -0.4 is 0 Å². The molecule has 0 aliphatic rings. The van der Waals surface area contributed by atoms with Gasteiger partial charge in [0, 0.05) is 5.56 Å². The van der Waals surface area contributed by atoms with Crippen LogP contribution >= 0.6 is 27.5 Å². The highest BCUT2D eigenvalue weighted by Crippen LogP contribution is 2.28. The topological polar surface area (TPSA) is 46.0 Å². The Bertz CT molecular complexity index is 575. The monoisotopic (exact) mass is 326 g/mol. The highest BCUT2D eigenvalue weighted by atomic mass is 79.9. The molecule has 1 aromatic carbocycles. The van der Waals surface area contributed by atoms with Crippen molar-refractivity contribution >= 4 is 27.5 Å². The van der Waals surface area contributed by atoms with Crippen molar-refractivity contribution in [2.75, 3.05) is 0 Å². The second-order valence-corrected chi connectivity index (χ2v) is 5.05. The second-order valence-electron chi connectivity index (χ2n) is 3.90. The van der Waals surface area contributed by atoms with Gasteiger partial charge in [0.25, 0.3) is 0 Å². The lowest BCUT2D eigenvalue weighted by Gasteiger charge is -2.07. The highest BCUT2D eigenvalue weighted by Gasteiger charge is 2.11. The molecule has 3 nitrogen and oxygen atoms in total. The fourth-order valence-corrected chi connectivity index (χ4v) is 2.20. The molecule has 0 unspecified atom stereocenters. The number of benzene rings is 1. The van der Waals surface area contributed by atoms with Crippen LogP contribution in [-0.4, -0.2) is 15.1 Å². The lowest BCUT2D eigenvalue weighted by molar-refractivity contribution is 0.475. The summed E-state index contributed by atoms with van der Waals surface area (Å²) >= 11 is 9.48. The van der Waals surface area contributed by atoms with Crippen molar-refractivity contribution in [2.24, 2.45) is 0 Å². The average molecular weight is 328 g/mol. The zero-order chi connectivity index (χ0) is 13.1. The predicted octanol–water partition coefficient (Wildman–Crippen LogP) is 4.22. The third-order valence-electron chi connectivity index (χ3n) is 2.47. The van der Waals surface area contributed by atoms with E-state index < -0.39 is 0 Å². The number of phenols is 1. The minimum absolute atomic E-state index is 0.187. The summed E-state index contributed by atoms with van der Waals surface area (Å²) in [6, 6.07) is 6.82. The van der Waals surface area contributed by atoms with E-state index in [-0.39, 0.29) is 5.75 Å². The molecular formula is C13H12BrClN2O. The summed E-state index contributed by atoms with van der Waals surface area (Å²) in [4.78, 5) is 8.70. The number of hydrogen-bond donors (Lipinski definition) is 1. The smallest absolute Gasteiger partial charge is 0.161 e. The van der Waals surface area contributed by atoms with E-state index in [1.54, 1.807) is 18.2 Å². The molecule has 18 heavy (non-hydrogen) atoms. The summed E-state index contributed by atoms with van der Waals surface area (Å²) in [7, 11) is 0. The van der Waals surface area contributed by atoms with Gasteiger partial charge in [-0.05, 0) is 34.5 Å². The molecule has 94 valence electrons. The van der Waals surface area contributed by atoms with Gasteiger partial charge in [-0.15, -0.1) is 0 Å². The van der Waals surface area contributed by atoms with Crippen molar-refractivity contribution < 1.29 is 5.11 Å². The molecule has 0 atom stereocenters. The Hall–Kier alpha value is -1.13. The third kappa shape index (κ3) is 2.82. The number of phenolic OH excluding ortho intramolecular Hbond substituents is 1. The van der Waals surface area contributed by atoms with Gasteiger partial charge in [-0.25, -0.2) is 9.97 Å². The van der Waals surface area contributed by atoms with Crippen LogP contribution in [0.1, 0.15) is 19.0 Å². The van der Waals surface area contributed by atoms with Gasteiger partial charge in [-0.3, -0.25) is 0 Å². The molecule has 0 spiro atoms. The van der Waals surface area contributed by atoms with Gasteiger partial charge in [0.1, 0.15) is 10.9 Å². The number of nitrogens with zero attached hydrogens (tertiary/aromatic N) is 2. The van der Waals surface area contributed by atoms with Crippen LogP contribution in [0.5, 0.6) is 5.75 Å². The molecule has 0 amide bonds. The molecule has 0 aliphatic carbocycles. The van der Waals surface area contributed by atoms with Gasteiger partial charge in [0.05, 0.1) is 10.2 Å². The van der Waals surface area contributed by atoms with Crippen LogP contribution in [-0.2, 0) is 6.42 Å². The van der Waals surface area contributed by atoms with Gasteiger partial charge in [-0.2, -0.15) is 0 Å². The van der Waals surface area contributed by atoms with Crippen molar-refractivity contribution in [2.45, 2.75) is 19.8 Å². The van der Waals surface area contributed by atoms with Crippen molar-refractivity contribution in [3.8, 4) is 17.1 Å². The van der Waals surface area contributed by atoms with E-state index in [1.807, 2.05) is 6.07 Å². The molecule has 0 aliphatic heterocycles. The lowest BCUT2D eigenvalue weighted by Crippen LogP contribution is -1.98. The van der Waals surface area contributed by atoms with Crippen LogP contribution in [0.3, 0.4) is 0 Å². The quantitative estimate of drug-likeness (QED) is 0.859. The maximum atomic E-state index is 9.47. The number of aryl methyl sites for hydroxylation is 1. The third-order valence-corrected chi connectivity index (χ3v) is 3.81. The van der Waals surface area contributed by atoms with Crippen molar-refractivity contribution in [3.63, 3.8) is 0 Å². The van der Waals surface area contributed by atoms with E-state index in [1.165, 1.54) is 0 Å². The van der Waals surface area contributed by atoms with Crippen LogP contribution in [0, 0.1) is 0 Å². The normalized spacial score (nSPS) is 10.6. The van der Waals surface area contributed by atoms with Crippen LogP contribution in [0.25, 0.3) is 11.4 Å². The van der Waals surface area contributed by atoms with Crippen LogP contribution in [0.2, 0.25) is 5.15 Å². The minimum Gasteiger partial charge on any atom is -0.508 e. The van der Waals surface area contributed by atoms with Crippen LogP contribution in [0.4, 0.5) is 0 Å². The number of halogens is 2. The SMILES string of the molecule is CCCc1nc(-c2cccc(O)c2)nc(Cl)c1Br. The number of aromatic hydroxyl groups is 1. The second kappa shape index (κ2) is 5.67. The Morgan fingerprint density at radius 2 is 2.11 bits per heavy atom. The zero-order valence-corrected chi connectivity index (χ0v) is 12.2. The van der Waals surface area contributed by atoms with Gasteiger partial charge >= 0.3 is 0 Å². The Morgan fingerprint density at radius 3 is 2.78 bits per heavy atom. The molecule has 0 radical (unpaired) electrons. The minimum atomic E-state index is 0.187. The Labute approximate surface area is 119 Å². The Kier molecular flexibility index (Phi) is 4.19. The summed E-state index contributed by atoms with van der Waals surface area (Å²) in [6.07, 6.45) is 1.81. The van der Waals surface area contributed by atoms with Gasteiger partial charge in [0.2, 0.25) is 0 Å². The van der Waals surface area contributed by atoms with Crippen LogP contribution in [0.15, 0.2) is 28.7 Å². The van der Waals surface area contributed by atoms with Crippen molar-refractivity contribution in [3.05, 3.63) is 39.6 Å². The maximum absolute atomic E-state index is 9.47.